The van der Waals surface area contributed by atoms with Crippen LogP contribution in [-0.2, 0) is 4.79 Å². The third-order valence-electron chi connectivity index (χ3n) is 2.52. The number of phenols is 2. The van der Waals surface area contributed by atoms with E-state index in [4.69, 9.17) is 9.84 Å². The van der Waals surface area contributed by atoms with Crippen LogP contribution < -0.4 is 10.2 Å². The molecule has 0 aliphatic heterocycles. The fourth-order valence-electron chi connectivity index (χ4n) is 1.51. The quantitative estimate of drug-likeness (QED) is 0.575. The van der Waals surface area contributed by atoms with Crippen molar-refractivity contribution in [3.63, 3.8) is 0 Å². The molecule has 0 spiro atoms. The SMILES string of the molecule is O=C(COc1ccccc1)N/N=C/c1ccc(O)cc1O. The Morgan fingerprint density at radius 1 is 1.19 bits per heavy atom. The first-order valence-corrected chi connectivity index (χ1v) is 6.17. The number of carbonyl (C=O) groups is 1. The standard InChI is InChI=1S/C15H14N2O4/c18-12-7-6-11(14(19)8-12)9-16-17-15(20)10-21-13-4-2-1-3-5-13/h1-9,18-19H,10H2,(H,17,20)/b16-9+. The summed E-state index contributed by atoms with van der Waals surface area (Å²) in [6.45, 7) is -0.164. The van der Waals surface area contributed by atoms with E-state index in [9.17, 15) is 9.90 Å². The van der Waals surface area contributed by atoms with E-state index in [0.717, 1.165) is 0 Å². The Bertz CT molecular complexity index is 641. The highest BCUT2D eigenvalue weighted by Crippen LogP contribution is 2.20. The number of aromatic hydroxyl groups is 2. The van der Waals surface area contributed by atoms with Crippen molar-refractivity contribution in [2.75, 3.05) is 6.61 Å². The summed E-state index contributed by atoms with van der Waals surface area (Å²) >= 11 is 0. The number of hydrogen-bond acceptors (Lipinski definition) is 5. The van der Waals surface area contributed by atoms with Gasteiger partial charge in [0.15, 0.2) is 6.61 Å². The van der Waals surface area contributed by atoms with Crippen molar-refractivity contribution in [3.05, 3.63) is 54.1 Å². The van der Waals surface area contributed by atoms with Gasteiger partial charge in [0.25, 0.3) is 5.91 Å². The second-order valence-corrected chi connectivity index (χ2v) is 4.14. The van der Waals surface area contributed by atoms with Crippen LogP contribution in [0.25, 0.3) is 0 Å². The van der Waals surface area contributed by atoms with Gasteiger partial charge in [0, 0.05) is 11.6 Å². The van der Waals surface area contributed by atoms with Crippen molar-refractivity contribution in [2.24, 2.45) is 5.10 Å². The molecule has 0 atom stereocenters. The van der Waals surface area contributed by atoms with Crippen LogP contribution in [0.3, 0.4) is 0 Å². The molecule has 0 heterocycles. The summed E-state index contributed by atoms with van der Waals surface area (Å²) in [6, 6.07) is 13.0. The molecule has 2 rings (SSSR count). The first kappa shape index (κ1) is 14.4. The molecule has 0 aliphatic carbocycles. The lowest BCUT2D eigenvalue weighted by Crippen LogP contribution is -2.24. The molecule has 0 fully saturated rings. The first-order chi connectivity index (χ1) is 10.1. The Morgan fingerprint density at radius 2 is 1.95 bits per heavy atom. The van der Waals surface area contributed by atoms with Gasteiger partial charge in [0.2, 0.25) is 0 Å². The van der Waals surface area contributed by atoms with E-state index < -0.39 is 5.91 Å². The molecule has 21 heavy (non-hydrogen) atoms. The Labute approximate surface area is 121 Å². The Kier molecular flexibility index (Phi) is 4.76. The van der Waals surface area contributed by atoms with Crippen LogP contribution in [0.4, 0.5) is 0 Å². The number of hydrazone groups is 1. The number of phenolic OH excluding ortho intramolecular Hbond substituents is 2. The van der Waals surface area contributed by atoms with E-state index in [1.54, 1.807) is 24.3 Å². The van der Waals surface area contributed by atoms with Gasteiger partial charge in [-0.3, -0.25) is 4.79 Å². The number of ether oxygens (including phenoxy) is 1. The number of para-hydroxylation sites is 1. The maximum absolute atomic E-state index is 11.5. The molecular formula is C15H14N2O4. The molecule has 2 aromatic rings. The summed E-state index contributed by atoms with van der Waals surface area (Å²) in [4.78, 5) is 11.5. The predicted octanol–water partition coefficient (Wildman–Crippen LogP) is 1.63. The van der Waals surface area contributed by atoms with Crippen molar-refractivity contribution >= 4 is 12.1 Å². The van der Waals surface area contributed by atoms with Crippen LogP contribution >= 0.6 is 0 Å². The van der Waals surface area contributed by atoms with Crippen molar-refractivity contribution in [1.82, 2.24) is 5.43 Å². The van der Waals surface area contributed by atoms with Gasteiger partial charge in [-0.1, -0.05) is 18.2 Å². The molecular weight excluding hydrogens is 272 g/mol. The Hall–Kier alpha value is -3.02. The summed E-state index contributed by atoms with van der Waals surface area (Å²) in [6.07, 6.45) is 1.27. The normalized spacial score (nSPS) is 10.5. The molecule has 0 bridgehead atoms. The highest BCUT2D eigenvalue weighted by Gasteiger charge is 2.02. The highest BCUT2D eigenvalue weighted by molar-refractivity contribution is 5.85. The third-order valence-corrected chi connectivity index (χ3v) is 2.52. The zero-order valence-corrected chi connectivity index (χ0v) is 11.1. The number of nitrogens with one attached hydrogen (secondary N) is 1. The van der Waals surface area contributed by atoms with Crippen LogP contribution in [0.1, 0.15) is 5.56 Å². The first-order valence-electron chi connectivity index (χ1n) is 6.17. The minimum atomic E-state index is -0.423. The minimum Gasteiger partial charge on any atom is -0.508 e. The van der Waals surface area contributed by atoms with Gasteiger partial charge in [-0.2, -0.15) is 5.10 Å². The summed E-state index contributed by atoms with van der Waals surface area (Å²) in [5.74, 6) is -0.0142. The average Bonchev–Trinajstić information content (AvgIpc) is 2.48. The summed E-state index contributed by atoms with van der Waals surface area (Å²) in [7, 11) is 0. The van der Waals surface area contributed by atoms with E-state index in [1.807, 2.05) is 6.07 Å². The monoisotopic (exact) mass is 286 g/mol. The average molecular weight is 286 g/mol. The molecule has 3 N–H and O–H groups in total. The molecule has 2 aromatic carbocycles. The van der Waals surface area contributed by atoms with Crippen LogP contribution in [0.2, 0.25) is 0 Å². The van der Waals surface area contributed by atoms with E-state index >= 15 is 0 Å². The molecule has 6 heteroatoms. The van der Waals surface area contributed by atoms with E-state index in [2.05, 4.69) is 10.5 Å². The van der Waals surface area contributed by atoms with Gasteiger partial charge in [0.05, 0.1) is 6.21 Å². The van der Waals surface area contributed by atoms with Crippen molar-refractivity contribution in [1.29, 1.82) is 0 Å². The largest absolute Gasteiger partial charge is 0.508 e. The molecule has 0 radical (unpaired) electrons. The molecule has 1 amide bonds. The maximum atomic E-state index is 11.5. The summed E-state index contributed by atoms with van der Waals surface area (Å²) < 4.78 is 5.24. The van der Waals surface area contributed by atoms with Gasteiger partial charge in [-0.05, 0) is 24.3 Å². The van der Waals surface area contributed by atoms with E-state index in [1.165, 1.54) is 24.4 Å². The fourth-order valence-corrected chi connectivity index (χ4v) is 1.51. The molecule has 108 valence electrons. The predicted molar refractivity (Wildman–Crippen MR) is 77.4 cm³/mol. The fraction of sp³-hybridized carbons (Fsp3) is 0.0667. The van der Waals surface area contributed by atoms with Crippen LogP contribution in [-0.4, -0.2) is 28.9 Å². The van der Waals surface area contributed by atoms with Gasteiger partial charge >= 0.3 is 0 Å². The number of carbonyl (C=O) groups excluding carboxylic acids is 1. The number of benzene rings is 2. The lowest BCUT2D eigenvalue weighted by Gasteiger charge is -2.04. The molecule has 6 nitrogen and oxygen atoms in total. The molecule has 0 saturated heterocycles. The van der Waals surface area contributed by atoms with E-state index in [-0.39, 0.29) is 18.1 Å². The number of hydrogen-bond donors (Lipinski definition) is 3. The van der Waals surface area contributed by atoms with Crippen molar-refractivity contribution in [3.8, 4) is 17.2 Å². The topological polar surface area (TPSA) is 91.2 Å². The zero-order chi connectivity index (χ0) is 15.1. The number of nitrogens with zero attached hydrogens (tertiary/aromatic N) is 1. The Morgan fingerprint density at radius 3 is 2.67 bits per heavy atom. The van der Waals surface area contributed by atoms with Crippen molar-refractivity contribution < 1.29 is 19.7 Å². The molecule has 0 aliphatic rings. The van der Waals surface area contributed by atoms with Gasteiger partial charge in [-0.15, -0.1) is 0 Å². The second-order valence-electron chi connectivity index (χ2n) is 4.14. The van der Waals surface area contributed by atoms with Gasteiger partial charge < -0.3 is 14.9 Å². The van der Waals surface area contributed by atoms with Gasteiger partial charge in [0.1, 0.15) is 17.2 Å². The lowest BCUT2D eigenvalue weighted by molar-refractivity contribution is -0.123. The summed E-state index contributed by atoms with van der Waals surface area (Å²) in [5, 5.41) is 22.4. The third kappa shape index (κ3) is 4.54. The smallest absolute Gasteiger partial charge is 0.277 e. The molecule has 0 aromatic heterocycles. The van der Waals surface area contributed by atoms with Gasteiger partial charge in [-0.25, -0.2) is 5.43 Å². The molecule has 0 unspecified atom stereocenters. The van der Waals surface area contributed by atoms with Crippen LogP contribution in [0, 0.1) is 0 Å². The second kappa shape index (κ2) is 6.95. The minimum absolute atomic E-state index is 0.0510. The highest BCUT2D eigenvalue weighted by atomic mass is 16.5. The van der Waals surface area contributed by atoms with Crippen molar-refractivity contribution in [2.45, 2.75) is 0 Å². The van der Waals surface area contributed by atoms with Crippen LogP contribution in [0.5, 0.6) is 17.2 Å². The maximum Gasteiger partial charge on any atom is 0.277 e. The van der Waals surface area contributed by atoms with Crippen LogP contribution in [0.15, 0.2) is 53.6 Å². The summed E-state index contributed by atoms with van der Waals surface area (Å²) in [5.41, 5.74) is 2.65. The Balaban J connectivity index is 1.82. The molecule has 0 saturated carbocycles. The zero-order valence-electron chi connectivity index (χ0n) is 11.1. The lowest BCUT2D eigenvalue weighted by atomic mass is 10.2. The number of rotatable bonds is 5. The van der Waals surface area contributed by atoms with E-state index in [0.29, 0.717) is 11.3 Å². The number of amides is 1.